The number of rotatable bonds is 6. The highest BCUT2D eigenvalue weighted by Crippen LogP contribution is 2.26. The van der Waals surface area contributed by atoms with Gasteiger partial charge in [-0.3, -0.25) is 4.79 Å². The highest BCUT2D eigenvalue weighted by molar-refractivity contribution is 5.76. The van der Waals surface area contributed by atoms with Gasteiger partial charge in [-0.1, -0.05) is 43.3 Å². The summed E-state index contributed by atoms with van der Waals surface area (Å²) in [6.45, 7) is 6.30. The van der Waals surface area contributed by atoms with Gasteiger partial charge in [0, 0.05) is 0 Å². The van der Waals surface area contributed by atoms with Crippen LogP contribution in [-0.2, 0) is 11.4 Å². The predicted molar refractivity (Wildman–Crippen MR) is 87.4 cm³/mol. The van der Waals surface area contributed by atoms with Gasteiger partial charge in [0.2, 0.25) is 0 Å². The molecule has 0 spiro atoms. The van der Waals surface area contributed by atoms with Crippen molar-refractivity contribution in [3.8, 4) is 5.75 Å². The van der Waals surface area contributed by atoms with Crippen LogP contribution >= 0.6 is 0 Å². The molecule has 3 heteroatoms. The van der Waals surface area contributed by atoms with Crippen LogP contribution in [0.5, 0.6) is 5.75 Å². The van der Waals surface area contributed by atoms with E-state index < -0.39 is 11.9 Å². The van der Waals surface area contributed by atoms with E-state index in [1.54, 1.807) is 0 Å². The van der Waals surface area contributed by atoms with Gasteiger partial charge in [0.05, 0.1) is 5.92 Å². The van der Waals surface area contributed by atoms with E-state index in [4.69, 9.17) is 4.74 Å². The second-order valence-electron chi connectivity index (χ2n) is 5.56. The zero-order valence-electron chi connectivity index (χ0n) is 13.3. The summed E-state index contributed by atoms with van der Waals surface area (Å²) in [6, 6.07) is 13.7. The third kappa shape index (κ3) is 3.67. The second-order valence-corrected chi connectivity index (χ2v) is 5.56. The maximum Gasteiger partial charge on any atom is 0.310 e. The number of aliphatic carboxylic acids is 1. The number of hydrogen-bond acceptors (Lipinski definition) is 2. The Morgan fingerprint density at radius 3 is 2.59 bits per heavy atom. The minimum absolute atomic E-state index is 0.379. The van der Waals surface area contributed by atoms with Gasteiger partial charge in [-0.15, -0.1) is 0 Å². The van der Waals surface area contributed by atoms with Crippen LogP contribution in [0.2, 0.25) is 0 Å². The fourth-order valence-corrected chi connectivity index (χ4v) is 2.55. The molecule has 2 aromatic carbocycles. The second kappa shape index (κ2) is 7.12. The molecule has 0 aliphatic carbocycles. The molecule has 0 heterocycles. The molecule has 0 aliphatic heterocycles. The largest absolute Gasteiger partial charge is 0.489 e. The normalized spacial score (nSPS) is 12.0. The summed E-state index contributed by atoms with van der Waals surface area (Å²) in [7, 11) is 0. The summed E-state index contributed by atoms with van der Waals surface area (Å²) in [5, 5.41) is 9.38. The van der Waals surface area contributed by atoms with Crippen molar-refractivity contribution in [1.82, 2.24) is 0 Å². The molecule has 2 aromatic rings. The van der Waals surface area contributed by atoms with Gasteiger partial charge in [-0.2, -0.15) is 0 Å². The van der Waals surface area contributed by atoms with Crippen LogP contribution in [0.4, 0.5) is 0 Å². The van der Waals surface area contributed by atoms with Crippen molar-refractivity contribution in [2.24, 2.45) is 0 Å². The Morgan fingerprint density at radius 1 is 1.18 bits per heavy atom. The van der Waals surface area contributed by atoms with Gasteiger partial charge in [-0.25, -0.2) is 0 Å². The van der Waals surface area contributed by atoms with Crippen LogP contribution in [0.25, 0.3) is 0 Å². The Balaban J connectivity index is 2.23. The van der Waals surface area contributed by atoms with Gasteiger partial charge in [0.1, 0.15) is 12.4 Å². The topological polar surface area (TPSA) is 46.5 Å². The maximum atomic E-state index is 11.4. The molecular formula is C19H22O3. The molecule has 0 fully saturated rings. The van der Waals surface area contributed by atoms with Crippen molar-refractivity contribution < 1.29 is 14.6 Å². The first-order chi connectivity index (χ1) is 10.5. The van der Waals surface area contributed by atoms with Gasteiger partial charge in [0.15, 0.2) is 0 Å². The molecular weight excluding hydrogens is 276 g/mol. The van der Waals surface area contributed by atoms with Gasteiger partial charge in [0.25, 0.3) is 0 Å². The minimum atomic E-state index is -0.790. The van der Waals surface area contributed by atoms with E-state index in [2.05, 4.69) is 0 Å². The van der Waals surface area contributed by atoms with Crippen molar-refractivity contribution in [3.63, 3.8) is 0 Å². The Kier molecular flexibility index (Phi) is 5.21. The summed E-state index contributed by atoms with van der Waals surface area (Å²) < 4.78 is 5.93. The number of carboxylic acid groups (broad SMARTS) is 1. The fraction of sp³-hybridized carbons (Fsp3) is 0.316. The molecule has 1 N–H and O–H groups in total. The Morgan fingerprint density at radius 2 is 1.91 bits per heavy atom. The molecule has 0 radical (unpaired) electrons. The van der Waals surface area contributed by atoms with Crippen molar-refractivity contribution in [1.29, 1.82) is 0 Å². The van der Waals surface area contributed by atoms with Crippen molar-refractivity contribution in [2.45, 2.75) is 39.7 Å². The number of carbonyl (C=O) groups is 1. The van der Waals surface area contributed by atoms with E-state index in [-0.39, 0.29) is 0 Å². The molecule has 116 valence electrons. The average Bonchev–Trinajstić information content (AvgIpc) is 2.50. The van der Waals surface area contributed by atoms with Gasteiger partial charge in [-0.05, 0) is 48.6 Å². The maximum absolute atomic E-state index is 11.4. The summed E-state index contributed by atoms with van der Waals surface area (Å²) in [5.74, 6) is -0.432. The SMILES string of the molecule is CCC(C(=O)O)c1ccccc1COc1cc(C)ccc1C. The lowest BCUT2D eigenvalue weighted by Crippen LogP contribution is -2.13. The molecule has 2 rings (SSSR count). The summed E-state index contributed by atoms with van der Waals surface area (Å²) in [6.07, 6.45) is 0.565. The van der Waals surface area contributed by atoms with Gasteiger partial charge < -0.3 is 9.84 Å². The molecule has 0 bridgehead atoms. The van der Waals surface area contributed by atoms with E-state index >= 15 is 0 Å². The number of aryl methyl sites for hydroxylation is 2. The lowest BCUT2D eigenvalue weighted by molar-refractivity contribution is -0.138. The first-order valence-electron chi connectivity index (χ1n) is 7.53. The van der Waals surface area contributed by atoms with Crippen molar-refractivity contribution in [2.75, 3.05) is 0 Å². The third-order valence-corrected chi connectivity index (χ3v) is 3.86. The Bertz CT molecular complexity index is 661. The van der Waals surface area contributed by atoms with Crippen LogP contribution in [0.1, 0.15) is 41.5 Å². The van der Waals surface area contributed by atoms with Gasteiger partial charge >= 0.3 is 5.97 Å². The van der Waals surface area contributed by atoms with E-state index in [9.17, 15) is 9.90 Å². The standard InChI is InChI=1S/C19H22O3/c1-4-16(19(20)21)17-8-6-5-7-15(17)12-22-18-11-13(2)9-10-14(18)3/h5-11,16H,4,12H2,1-3H3,(H,20,21). The highest BCUT2D eigenvalue weighted by atomic mass is 16.5. The van der Waals surface area contributed by atoms with Crippen LogP contribution in [0, 0.1) is 13.8 Å². The molecule has 0 aliphatic rings. The number of hydrogen-bond donors (Lipinski definition) is 1. The van der Waals surface area contributed by atoms with E-state index in [0.717, 1.165) is 28.0 Å². The van der Waals surface area contributed by atoms with Crippen molar-refractivity contribution in [3.05, 3.63) is 64.7 Å². The smallest absolute Gasteiger partial charge is 0.310 e. The Labute approximate surface area is 131 Å². The average molecular weight is 298 g/mol. The van der Waals surface area contributed by atoms with E-state index in [0.29, 0.717) is 13.0 Å². The number of ether oxygens (including phenoxy) is 1. The quantitative estimate of drug-likeness (QED) is 0.856. The van der Waals surface area contributed by atoms with Crippen molar-refractivity contribution >= 4 is 5.97 Å². The lowest BCUT2D eigenvalue weighted by Gasteiger charge is -2.16. The summed E-state index contributed by atoms with van der Waals surface area (Å²) in [4.78, 5) is 11.4. The van der Waals surface area contributed by atoms with Crippen LogP contribution in [0.3, 0.4) is 0 Å². The van der Waals surface area contributed by atoms with Crippen LogP contribution in [0.15, 0.2) is 42.5 Å². The van der Waals surface area contributed by atoms with Crippen LogP contribution < -0.4 is 4.74 Å². The van der Waals surface area contributed by atoms with Crippen LogP contribution in [-0.4, -0.2) is 11.1 Å². The molecule has 0 amide bonds. The molecule has 3 nitrogen and oxygen atoms in total. The molecule has 0 aromatic heterocycles. The number of carboxylic acids is 1. The zero-order chi connectivity index (χ0) is 16.1. The first-order valence-corrected chi connectivity index (χ1v) is 7.53. The van der Waals surface area contributed by atoms with E-state index in [1.165, 1.54) is 0 Å². The highest BCUT2D eigenvalue weighted by Gasteiger charge is 2.20. The molecule has 1 atom stereocenters. The summed E-state index contributed by atoms with van der Waals surface area (Å²) in [5.41, 5.74) is 3.99. The minimum Gasteiger partial charge on any atom is -0.489 e. The number of benzene rings is 2. The fourth-order valence-electron chi connectivity index (χ4n) is 2.55. The molecule has 0 saturated heterocycles. The third-order valence-electron chi connectivity index (χ3n) is 3.86. The zero-order valence-corrected chi connectivity index (χ0v) is 13.3. The molecule has 1 unspecified atom stereocenters. The Hall–Kier alpha value is -2.29. The predicted octanol–water partition coefficient (Wildman–Crippen LogP) is 4.46. The van der Waals surface area contributed by atoms with E-state index in [1.807, 2.05) is 63.2 Å². The monoisotopic (exact) mass is 298 g/mol. The summed E-state index contributed by atoms with van der Waals surface area (Å²) >= 11 is 0. The lowest BCUT2D eigenvalue weighted by atomic mass is 9.92. The molecule has 22 heavy (non-hydrogen) atoms. The first kappa shape index (κ1) is 16.1. The molecule has 0 saturated carbocycles.